The van der Waals surface area contributed by atoms with Crippen LogP contribution in [0.3, 0.4) is 0 Å². The Bertz CT molecular complexity index is 2840. The number of benzene rings is 6. The van der Waals surface area contributed by atoms with Gasteiger partial charge in [0.05, 0.1) is 5.69 Å². The highest BCUT2D eigenvalue weighted by Crippen LogP contribution is 2.51. The summed E-state index contributed by atoms with van der Waals surface area (Å²) in [6, 6.07) is 43.9. The largest absolute Gasteiger partial charge is 0.311 e. The molecule has 0 aromatic heterocycles. The average molecular weight is 845 g/mol. The minimum atomic E-state index is -0.110. The molecule has 0 bridgehead atoms. The fourth-order valence-corrected chi connectivity index (χ4v) is 10.7. The molecule has 1 aliphatic carbocycles. The van der Waals surface area contributed by atoms with E-state index in [4.69, 9.17) is 0 Å². The van der Waals surface area contributed by atoms with E-state index in [0.29, 0.717) is 0 Å². The summed E-state index contributed by atoms with van der Waals surface area (Å²) in [6.07, 6.45) is 2.18. The van der Waals surface area contributed by atoms with Gasteiger partial charge in [0, 0.05) is 34.0 Å². The van der Waals surface area contributed by atoms with E-state index in [2.05, 4.69) is 237 Å². The van der Waals surface area contributed by atoms with Crippen molar-refractivity contribution in [3.05, 3.63) is 148 Å². The van der Waals surface area contributed by atoms with Crippen LogP contribution in [-0.4, -0.2) is 6.71 Å². The molecule has 0 amide bonds. The van der Waals surface area contributed by atoms with Gasteiger partial charge in [-0.2, -0.15) is 0 Å². The van der Waals surface area contributed by atoms with Gasteiger partial charge in [-0.1, -0.05) is 178 Å². The summed E-state index contributed by atoms with van der Waals surface area (Å²) in [5.74, 6) is 0. The lowest BCUT2D eigenvalue weighted by Gasteiger charge is -2.46. The summed E-state index contributed by atoms with van der Waals surface area (Å²) in [4.78, 5) is 5.34. The number of hydrogen-bond donors (Lipinski definition) is 0. The summed E-state index contributed by atoms with van der Waals surface area (Å²) in [6.45, 7) is 40.2. The molecule has 2 nitrogen and oxygen atoms in total. The van der Waals surface area contributed by atoms with Crippen LogP contribution < -0.4 is 26.2 Å². The Morgan fingerprint density at radius 2 is 0.891 bits per heavy atom. The van der Waals surface area contributed by atoms with Crippen LogP contribution in [0.1, 0.15) is 157 Å². The molecule has 0 atom stereocenters. The molecule has 6 aromatic carbocycles. The second kappa shape index (κ2) is 14.5. The van der Waals surface area contributed by atoms with Crippen LogP contribution in [-0.2, 0) is 39.9 Å². The standard InChI is InChI=1S/C61H73BN2/c1-56(2,3)41-21-18-20-38(28-41)47-32-43(58(7,8)9)25-27-50(47)64-51-30-40-37-61(16,17)36-39(40)29-49(51)62-48-26-24-44(59(10,11)12)33-52(48)63(46-23-19-22-42(31-46)57(4,5)6)53-34-45(60(13,14)15)35-54(64)55(53)62/h18-35H,36-37H2,1-17H3. The normalized spacial score (nSPS) is 15.8. The van der Waals surface area contributed by atoms with Gasteiger partial charge < -0.3 is 9.80 Å². The van der Waals surface area contributed by atoms with Crippen LogP contribution in [0.2, 0.25) is 0 Å². The SMILES string of the molecule is CC1(C)Cc2cc3c(cc2C1)N(c1ccc(C(C)(C)C)cc1-c1cccc(C(C)(C)C)c1)c1cc(C(C)(C)C)cc2c1B3c1ccc(C(C)(C)C)cc1N2c1cccc(C(C)(C)C)c1. The van der Waals surface area contributed by atoms with E-state index in [1.165, 1.54) is 101 Å². The lowest BCUT2D eigenvalue weighted by Crippen LogP contribution is -2.61. The van der Waals surface area contributed by atoms with Crippen molar-refractivity contribution in [1.82, 2.24) is 0 Å². The van der Waals surface area contributed by atoms with Gasteiger partial charge in [0.1, 0.15) is 0 Å². The van der Waals surface area contributed by atoms with Crippen LogP contribution in [0.5, 0.6) is 0 Å². The molecule has 3 aliphatic rings. The van der Waals surface area contributed by atoms with E-state index in [0.717, 1.165) is 12.8 Å². The molecule has 0 spiro atoms. The first-order valence-corrected chi connectivity index (χ1v) is 24.1. The van der Waals surface area contributed by atoms with E-state index >= 15 is 0 Å². The zero-order valence-electron chi connectivity index (χ0n) is 42.3. The summed E-state index contributed by atoms with van der Waals surface area (Å²) >= 11 is 0. The number of fused-ring (bicyclic) bond motifs is 5. The molecule has 0 saturated heterocycles. The lowest BCUT2D eigenvalue weighted by molar-refractivity contribution is 0.392. The number of anilines is 6. The summed E-state index contributed by atoms with van der Waals surface area (Å²) in [5.41, 5.74) is 24.2. The Hall–Kier alpha value is -5.02. The Labute approximate surface area is 387 Å². The van der Waals surface area contributed by atoms with Gasteiger partial charge in [0.25, 0.3) is 6.71 Å². The molecule has 9 rings (SSSR count). The van der Waals surface area contributed by atoms with E-state index in [9.17, 15) is 0 Å². The second-order valence-electron chi connectivity index (χ2n) is 25.6. The molecule has 2 heterocycles. The molecule has 0 radical (unpaired) electrons. The molecule has 6 aromatic rings. The summed E-state index contributed by atoms with van der Waals surface area (Å²) in [5, 5.41) is 0. The number of nitrogens with zero attached hydrogens (tertiary/aromatic N) is 2. The van der Waals surface area contributed by atoms with Crippen molar-refractivity contribution < 1.29 is 0 Å². The molecule has 3 heteroatoms. The first-order valence-electron chi connectivity index (χ1n) is 24.1. The van der Waals surface area contributed by atoms with Gasteiger partial charge in [-0.3, -0.25) is 0 Å². The number of rotatable bonds is 3. The van der Waals surface area contributed by atoms with Crippen LogP contribution in [0, 0.1) is 5.41 Å². The van der Waals surface area contributed by atoms with Crippen molar-refractivity contribution in [3.63, 3.8) is 0 Å². The maximum Gasteiger partial charge on any atom is 0.252 e. The third-order valence-corrected chi connectivity index (χ3v) is 14.6. The minimum absolute atomic E-state index is 0.000904. The van der Waals surface area contributed by atoms with Crippen LogP contribution in [0.25, 0.3) is 11.1 Å². The molecule has 64 heavy (non-hydrogen) atoms. The Morgan fingerprint density at radius 3 is 1.50 bits per heavy atom. The van der Waals surface area contributed by atoms with Crippen molar-refractivity contribution in [2.75, 3.05) is 9.80 Å². The van der Waals surface area contributed by atoms with Crippen molar-refractivity contribution in [2.24, 2.45) is 5.41 Å². The third kappa shape index (κ3) is 7.63. The topological polar surface area (TPSA) is 6.48 Å². The van der Waals surface area contributed by atoms with Gasteiger partial charge in [0.2, 0.25) is 0 Å². The van der Waals surface area contributed by atoms with Gasteiger partial charge in [-0.25, -0.2) is 0 Å². The van der Waals surface area contributed by atoms with Crippen LogP contribution in [0.15, 0.2) is 109 Å². The quantitative estimate of drug-likeness (QED) is 0.164. The smallest absolute Gasteiger partial charge is 0.252 e. The monoisotopic (exact) mass is 845 g/mol. The first-order chi connectivity index (χ1) is 29.6. The number of hydrogen-bond acceptors (Lipinski definition) is 2. The third-order valence-electron chi connectivity index (χ3n) is 14.6. The predicted molar refractivity (Wildman–Crippen MR) is 281 cm³/mol. The Balaban J connectivity index is 1.44. The van der Waals surface area contributed by atoms with Gasteiger partial charge in [-0.05, 0) is 155 Å². The van der Waals surface area contributed by atoms with Crippen molar-refractivity contribution in [3.8, 4) is 11.1 Å². The molecule has 0 N–H and O–H groups in total. The van der Waals surface area contributed by atoms with E-state index in [1.54, 1.807) is 0 Å². The van der Waals surface area contributed by atoms with E-state index in [1.807, 2.05) is 0 Å². The van der Waals surface area contributed by atoms with Crippen molar-refractivity contribution >= 4 is 57.2 Å². The Morgan fingerprint density at radius 1 is 0.406 bits per heavy atom. The van der Waals surface area contributed by atoms with Crippen LogP contribution in [0.4, 0.5) is 34.1 Å². The van der Waals surface area contributed by atoms with E-state index in [-0.39, 0.29) is 39.2 Å². The van der Waals surface area contributed by atoms with Gasteiger partial charge in [0.15, 0.2) is 0 Å². The maximum atomic E-state index is 2.70. The fraction of sp³-hybridized carbons (Fsp3) is 0.410. The molecular formula is C61H73BN2. The van der Waals surface area contributed by atoms with Crippen molar-refractivity contribution in [1.29, 1.82) is 0 Å². The highest BCUT2D eigenvalue weighted by atomic mass is 15.2. The molecule has 0 unspecified atom stereocenters. The maximum absolute atomic E-state index is 2.70. The highest BCUT2D eigenvalue weighted by molar-refractivity contribution is 7.00. The van der Waals surface area contributed by atoms with Crippen molar-refractivity contribution in [2.45, 2.75) is 158 Å². The Kier molecular flexibility index (Phi) is 10.0. The zero-order valence-corrected chi connectivity index (χ0v) is 42.3. The second-order valence-corrected chi connectivity index (χ2v) is 25.6. The van der Waals surface area contributed by atoms with Gasteiger partial charge >= 0.3 is 0 Å². The average Bonchev–Trinajstić information content (AvgIpc) is 3.50. The summed E-state index contributed by atoms with van der Waals surface area (Å²) in [7, 11) is 0. The van der Waals surface area contributed by atoms with Gasteiger partial charge in [-0.15, -0.1) is 0 Å². The highest BCUT2D eigenvalue weighted by Gasteiger charge is 2.46. The molecule has 330 valence electrons. The molecular weight excluding hydrogens is 771 g/mol. The molecule has 0 saturated carbocycles. The molecule has 2 aliphatic heterocycles. The van der Waals surface area contributed by atoms with E-state index < -0.39 is 0 Å². The first kappa shape index (κ1) is 44.2. The zero-order chi connectivity index (χ0) is 46.3. The fourth-order valence-electron chi connectivity index (χ4n) is 10.7. The minimum Gasteiger partial charge on any atom is -0.311 e. The van der Waals surface area contributed by atoms with Crippen LogP contribution >= 0.6 is 0 Å². The summed E-state index contributed by atoms with van der Waals surface area (Å²) < 4.78 is 0. The predicted octanol–water partition coefficient (Wildman–Crippen LogP) is 15.0. The molecule has 0 fully saturated rings. The lowest BCUT2D eigenvalue weighted by atomic mass is 9.33.